The molecule has 6 rings (SSSR count). The number of rotatable bonds is 10. The van der Waals surface area contributed by atoms with Gasteiger partial charge in [-0.1, -0.05) is 72.8 Å². The maximum absolute atomic E-state index is 4.88. The van der Waals surface area contributed by atoms with E-state index >= 15 is 0 Å². The molecule has 0 bridgehead atoms. The molecular formula is C33H35N5. The number of fused-ring (bicyclic) bond motifs is 1. The summed E-state index contributed by atoms with van der Waals surface area (Å²) >= 11 is 0. The van der Waals surface area contributed by atoms with Crippen LogP contribution in [0.15, 0.2) is 97.1 Å². The van der Waals surface area contributed by atoms with Crippen LogP contribution in [0.2, 0.25) is 0 Å². The van der Waals surface area contributed by atoms with E-state index in [-0.39, 0.29) is 0 Å². The summed E-state index contributed by atoms with van der Waals surface area (Å²) < 4.78 is 1.97. The molecule has 1 aliphatic rings. The monoisotopic (exact) mass is 501 g/mol. The number of hydrogen-bond acceptors (Lipinski definition) is 4. The number of aromatic nitrogens is 3. The van der Waals surface area contributed by atoms with Gasteiger partial charge in [0.05, 0.1) is 5.69 Å². The summed E-state index contributed by atoms with van der Waals surface area (Å²) in [5, 5.41) is 8.38. The Balaban J connectivity index is 1.10. The molecule has 0 radical (unpaired) electrons. The van der Waals surface area contributed by atoms with Gasteiger partial charge in [0.25, 0.3) is 0 Å². The highest BCUT2D eigenvalue weighted by atomic mass is 15.3. The second-order valence-electron chi connectivity index (χ2n) is 10.3. The van der Waals surface area contributed by atoms with Crippen molar-refractivity contribution in [2.45, 2.75) is 38.6 Å². The fourth-order valence-corrected chi connectivity index (χ4v) is 5.32. The molecule has 38 heavy (non-hydrogen) atoms. The smallest absolute Gasteiger partial charge is 0.156 e. The summed E-state index contributed by atoms with van der Waals surface area (Å²) in [4.78, 5) is 7.42. The fraction of sp³-hybridized carbons (Fsp3) is 0.273. The Kier molecular flexibility index (Phi) is 7.45. The third-order valence-corrected chi connectivity index (χ3v) is 7.45. The van der Waals surface area contributed by atoms with E-state index in [1.54, 1.807) is 0 Å². The van der Waals surface area contributed by atoms with Gasteiger partial charge in [-0.2, -0.15) is 5.10 Å². The van der Waals surface area contributed by atoms with Crippen LogP contribution in [0.3, 0.4) is 0 Å². The van der Waals surface area contributed by atoms with Crippen LogP contribution in [0, 0.1) is 0 Å². The van der Waals surface area contributed by atoms with Crippen LogP contribution in [0.5, 0.6) is 0 Å². The van der Waals surface area contributed by atoms with E-state index in [9.17, 15) is 0 Å². The van der Waals surface area contributed by atoms with Gasteiger partial charge in [0, 0.05) is 24.2 Å². The van der Waals surface area contributed by atoms with Gasteiger partial charge in [0.1, 0.15) is 0 Å². The molecule has 1 saturated heterocycles. The van der Waals surface area contributed by atoms with Crippen LogP contribution < -0.4 is 5.32 Å². The molecule has 2 aromatic heterocycles. The Labute approximate surface area is 225 Å². The molecule has 0 amide bonds. The zero-order valence-corrected chi connectivity index (χ0v) is 21.9. The summed E-state index contributed by atoms with van der Waals surface area (Å²) in [5.41, 5.74) is 8.08. The molecule has 1 aliphatic heterocycles. The van der Waals surface area contributed by atoms with E-state index < -0.39 is 0 Å². The lowest BCUT2D eigenvalue weighted by molar-refractivity contribution is 0.334. The molecule has 0 saturated carbocycles. The van der Waals surface area contributed by atoms with Crippen molar-refractivity contribution in [2.24, 2.45) is 0 Å². The molecule has 3 aromatic carbocycles. The number of likely N-dealkylation sites (tertiary alicyclic amines) is 1. The van der Waals surface area contributed by atoms with E-state index in [0.717, 1.165) is 47.8 Å². The lowest BCUT2D eigenvalue weighted by atomic mass is 10.1. The highest BCUT2D eigenvalue weighted by Crippen LogP contribution is 2.23. The topological polar surface area (TPSA) is 45.5 Å². The van der Waals surface area contributed by atoms with Gasteiger partial charge >= 0.3 is 0 Å². The van der Waals surface area contributed by atoms with Gasteiger partial charge in [-0.15, -0.1) is 0 Å². The van der Waals surface area contributed by atoms with Crippen molar-refractivity contribution in [3.05, 3.63) is 120 Å². The molecule has 5 nitrogen and oxygen atoms in total. The van der Waals surface area contributed by atoms with Crippen molar-refractivity contribution < 1.29 is 0 Å². The van der Waals surface area contributed by atoms with Crippen LogP contribution >= 0.6 is 0 Å². The van der Waals surface area contributed by atoms with Gasteiger partial charge in [0.15, 0.2) is 11.5 Å². The van der Waals surface area contributed by atoms with E-state index in [1.165, 1.54) is 55.6 Å². The van der Waals surface area contributed by atoms with Crippen LogP contribution in [0.4, 0.5) is 5.69 Å². The van der Waals surface area contributed by atoms with E-state index in [0.29, 0.717) is 0 Å². The fourth-order valence-electron chi connectivity index (χ4n) is 5.32. The average Bonchev–Trinajstić information content (AvgIpc) is 3.63. The normalized spacial score (nSPS) is 13.8. The minimum Gasteiger partial charge on any atom is -0.381 e. The number of aryl methyl sites for hydroxylation is 1. The molecule has 192 valence electrons. The largest absolute Gasteiger partial charge is 0.381 e. The lowest BCUT2D eigenvalue weighted by Gasteiger charge is -2.13. The molecule has 0 unspecified atom stereocenters. The summed E-state index contributed by atoms with van der Waals surface area (Å²) in [7, 11) is 0. The first-order valence-electron chi connectivity index (χ1n) is 13.8. The maximum Gasteiger partial charge on any atom is 0.156 e. The molecule has 1 N–H and O–H groups in total. The molecule has 1 fully saturated rings. The Morgan fingerprint density at radius 2 is 1.47 bits per heavy atom. The average molecular weight is 502 g/mol. The first-order valence-corrected chi connectivity index (χ1v) is 13.8. The van der Waals surface area contributed by atoms with Crippen molar-refractivity contribution >= 4 is 11.3 Å². The summed E-state index contributed by atoms with van der Waals surface area (Å²) in [6.07, 6.45) is 5.85. The van der Waals surface area contributed by atoms with Crippen LogP contribution in [0.1, 0.15) is 41.8 Å². The molecular weight excluding hydrogens is 466 g/mol. The SMILES string of the molecule is c1ccc(CNc2ccc(-c3cccc4nc(Cc5ccc(CCCN6CCCC6)cc5)nn34)cc2)cc1. The second-order valence-corrected chi connectivity index (χ2v) is 10.3. The zero-order valence-electron chi connectivity index (χ0n) is 21.9. The molecule has 0 aliphatic carbocycles. The van der Waals surface area contributed by atoms with Crippen molar-refractivity contribution in [1.29, 1.82) is 0 Å². The van der Waals surface area contributed by atoms with Gasteiger partial charge in [0.2, 0.25) is 0 Å². The van der Waals surface area contributed by atoms with Crippen molar-refractivity contribution in [2.75, 3.05) is 25.0 Å². The van der Waals surface area contributed by atoms with Crippen molar-refractivity contribution in [3.63, 3.8) is 0 Å². The maximum atomic E-state index is 4.88. The van der Waals surface area contributed by atoms with Crippen LogP contribution in [-0.2, 0) is 19.4 Å². The quantitative estimate of drug-likeness (QED) is 0.233. The molecule has 5 heteroatoms. The molecule has 0 atom stereocenters. The Bertz CT molecular complexity index is 1450. The van der Waals surface area contributed by atoms with Gasteiger partial charge in [-0.25, -0.2) is 9.50 Å². The summed E-state index contributed by atoms with van der Waals surface area (Å²) in [6, 6.07) is 34.2. The molecule has 5 aromatic rings. The Hall–Kier alpha value is -3.96. The lowest BCUT2D eigenvalue weighted by Crippen LogP contribution is -2.20. The predicted octanol–water partition coefficient (Wildman–Crippen LogP) is 6.63. The molecule has 0 spiro atoms. The predicted molar refractivity (Wildman–Crippen MR) is 155 cm³/mol. The minimum atomic E-state index is 0.734. The Morgan fingerprint density at radius 3 is 2.26 bits per heavy atom. The van der Waals surface area contributed by atoms with Gasteiger partial charge < -0.3 is 10.2 Å². The number of nitrogens with zero attached hydrogens (tertiary/aromatic N) is 4. The number of nitrogens with one attached hydrogen (secondary N) is 1. The van der Waals surface area contributed by atoms with Crippen molar-refractivity contribution in [1.82, 2.24) is 19.5 Å². The number of pyridine rings is 1. The van der Waals surface area contributed by atoms with E-state index in [1.807, 2.05) is 16.6 Å². The zero-order chi connectivity index (χ0) is 25.6. The standard InChI is InChI=1S/C33H35N5/c1-2-8-28(9-3-1)25-34-30-19-17-29(18-20-30)31-11-6-12-33-35-32(36-38(31)33)24-27-15-13-26(14-16-27)10-7-23-37-21-4-5-22-37/h1-3,6,8-9,11-20,34H,4-5,7,10,21-25H2. The highest BCUT2D eigenvalue weighted by Gasteiger charge is 2.12. The summed E-state index contributed by atoms with van der Waals surface area (Å²) in [6.45, 7) is 4.60. The summed E-state index contributed by atoms with van der Waals surface area (Å²) in [5.74, 6) is 0.848. The number of hydrogen-bond donors (Lipinski definition) is 1. The number of benzene rings is 3. The third-order valence-electron chi connectivity index (χ3n) is 7.45. The first kappa shape index (κ1) is 24.4. The minimum absolute atomic E-state index is 0.734. The van der Waals surface area contributed by atoms with Crippen LogP contribution in [0.25, 0.3) is 16.9 Å². The second kappa shape index (κ2) is 11.6. The highest BCUT2D eigenvalue weighted by molar-refractivity contribution is 5.65. The first-order chi connectivity index (χ1) is 18.8. The van der Waals surface area contributed by atoms with E-state index in [2.05, 4.69) is 95.1 Å². The van der Waals surface area contributed by atoms with Gasteiger partial charge in [-0.05, 0) is 86.3 Å². The van der Waals surface area contributed by atoms with E-state index in [4.69, 9.17) is 10.1 Å². The van der Waals surface area contributed by atoms with Gasteiger partial charge in [-0.3, -0.25) is 0 Å². The van der Waals surface area contributed by atoms with Crippen molar-refractivity contribution in [3.8, 4) is 11.3 Å². The third kappa shape index (κ3) is 5.95. The molecule has 3 heterocycles. The van der Waals surface area contributed by atoms with Crippen LogP contribution in [-0.4, -0.2) is 39.1 Å². The Morgan fingerprint density at radius 1 is 0.711 bits per heavy atom. The number of anilines is 1.